The fraction of sp³-hybridized carbons (Fsp3) is 0.286. The van der Waals surface area contributed by atoms with Crippen LogP contribution in [0.3, 0.4) is 0 Å². The summed E-state index contributed by atoms with van der Waals surface area (Å²) >= 11 is 2.55. The molecule has 0 atom stereocenters. The van der Waals surface area contributed by atoms with Crippen molar-refractivity contribution in [2.75, 3.05) is 18.5 Å². The molecule has 3 aromatic rings. The van der Waals surface area contributed by atoms with Gasteiger partial charge in [-0.2, -0.15) is 0 Å². The van der Waals surface area contributed by atoms with Gasteiger partial charge in [-0.25, -0.2) is 9.78 Å². The van der Waals surface area contributed by atoms with Gasteiger partial charge in [0.2, 0.25) is 17.7 Å². The molecule has 160 valence electrons. The smallest absolute Gasteiger partial charge is 0.348 e. The number of rotatable bonds is 6. The molecule has 1 aromatic carbocycles. The van der Waals surface area contributed by atoms with E-state index in [-0.39, 0.29) is 37.8 Å². The zero-order valence-corrected chi connectivity index (χ0v) is 18.5. The number of nitrogens with zero attached hydrogens (tertiary/aromatic N) is 2. The van der Waals surface area contributed by atoms with Gasteiger partial charge in [0.15, 0.2) is 0 Å². The molecule has 8 nitrogen and oxygen atoms in total. The molecule has 0 radical (unpaired) electrons. The number of imide groups is 1. The van der Waals surface area contributed by atoms with Gasteiger partial charge >= 0.3 is 5.97 Å². The molecule has 1 saturated heterocycles. The number of carbonyl (C=O) groups excluding carboxylic acids is 4. The van der Waals surface area contributed by atoms with Crippen LogP contribution in [0.15, 0.2) is 24.3 Å². The zero-order valence-electron chi connectivity index (χ0n) is 16.9. The molecule has 3 amide bonds. The predicted molar refractivity (Wildman–Crippen MR) is 118 cm³/mol. The molecule has 0 aliphatic carbocycles. The van der Waals surface area contributed by atoms with Crippen molar-refractivity contribution in [2.24, 2.45) is 0 Å². The van der Waals surface area contributed by atoms with Crippen molar-refractivity contribution in [2.45, 2.75) is 26.7 Å². The molecule has 0 unspecified atom stereocenters. The van der Waals surface area contributed by atoms with Crippen LogP contribution in [0, 0.1) is 6.92 Å². The van der Waals surface area contributed by atoms with Crippen LogP contribution in [0.25, 0.3) is 20.8 Å². The SMILES string of the molecule is CCOC(=O)c1sc(NC(=O)CN2C(=O)CCC2=O)c(-c2nc3ccccc3s2)c1C. The van der Waals surface area contributed by atoms with E-state index in [1.54, 1.807) is 13.8 Å². The predicted octanol–water partition coefficient (Wildman–Crippen LogP) is 3.60. The molecule has 31 heavy (non-hydrogen) atoms. The van der Waals surface area contributed by atoms with Crippen LogP contribution in [0.5, 0.6) is 0 Å². The first-order valence-corrected chi connectivity index (χ1v) is 11.3. The number of likely N-dealkylation sites (tertiary alicyclic amines) is 1. The highest BCUT2D eigenvalue weighted by atomic mass is 32.1. The topological polar surface area (TPSA) is 106 Å². The highest BCUT2D eigenvalue weighted by Crippen LogP contribution is 2.43. The summed E-state index contributed by atoms with van der Waals surface area (Å²) in [7, 11) is 0. The molecule has 1 N–H and O–H groups in total. The molecule has 1 aliphatic heterocycles. The van der Waals surface area contributed by atoms with Gasteiger partial charge in [0.25, 0.3) is 0 Å². The van der Waals surface area contributed by atoms with E-state index < -0.39 is 11.9 Å². The number of para-hydroxylation sites is 1. The number of amides is 3. The number of aromatic nitrogens is 1. The van der Waals surface area contributed by atoms with Crippen molar-refractivity contribution < 1.29 is 23.9 Å². The second-order valence-corrected chi connectivity index (χ2v) is 8.94. The molecule has 0 spiro atoms. The Labute approximate surface area is 185 Å². The number of carbonyl (C=O) groups is 4. The van der Waals surface area contributed by atoms with Gasteiger partial charge in [-0.05, 0) is 31.5 Å². The first-order valence-electron chi connectivity index (χ1n) is 9.68. The lowest BCUT2D eigenvalue weighted by Crippen LogP contribution is -2.36. The normalized spacial score (nSPS) is 13.8. The number of fused-ring (bicyclic) bond motifs is 1. The van der Waals surface area contributed by atoms with Gasteiger partial charge in [-0.3, -0.25) is 19.3 Å². The molecule has 3 heterocycles. The monoisotopic (exact) mass is 457 g/mol. The summed E-state index contributed by atoms with van der Waals surface area (Å²) in [6, 6.07) is 7.66. The zero-order chi connectivity index (χ0) is 22.1. The van der Waals surface area contributed by atoms with Crippen molar-refractivity contribution >= 4 is 61.6 Å². The van der Waals surface area contributed by atoms with Crippen LogP contribution in [0.4, 0.5) is 5.00 Å². The van der Waals surface area contributed by atoms with Crippen LogP contribution in [-0.4, -0.2) is 46.7 Å². The van der Waals surface area contributed by atoms with Crippen molar-refractivity contribution in [1.29, 1.82) is 0 Å². The number of ether oxygens (including phenoxy) is 1. The Morgan fingerprint density at radius 1 is 1.16 bits per heavy atom. The minimum absolute atomic E-state index is 0.119. The first-order chi connectivity index (χ1) is 14.9. The molecule has 0 bridgehead atoms. The molecule has 0 saturated carbocycles. The maximum absolute atomic E-state index is 12.6. The van der Waals surface area contributed by atoms with E-state index in [0.29, 0.717) is 26.0 Å². The van der Waals surface area contributed by atoms with Crippen LogP contribution >= 0.6 is 22.7 Å². The number of esters is 1. The molecule has 1 aliphatic rings. The van der Waals surface area contributed by atoms with E-state index in [1.807, 2.05) is 24.3 Å². The standard InChI is InChI=1S/C21H19N3O5S2/c1-3-29-21(28)18-11(2)17(19-22-12-6-4-5-7-13(12)30-19)20(31-18)23-14(25)10-24-15(26)8-9-16(24)27/h4-7H,3,8-10H2,1-2H3,(H,23,25). The van der Waals surface area contributed by atoms with Crippen molar-refractivity contribution in [3.8, 4) is 10.6 Å². The highest BCUT2D eigenvalue weighted by molar-refractivity contribution is 7.23. The average Bonchev–Trinajstić information content (AvgIpc) is 3.39. The van der Waals surface area contributed by atoms with Crippen molar-refractivity contribution in [1.82, 2.24) is 9.88 Å². The van der Waals surface area contributed by atoms with Gasteiger partial charge < -0.3 is 10.1 Å². The minimum Gasteiger partial charge on any atom is -0.462 e. The summed E-state index contributed by atoms with van der Waals surface area (Å²) in [6.07, 6.45) is 0.238. The van der Waals surface area contributed by atoms with Gasteiger partial charge in [-0.15, -0.1) is 22.7 Å². The fourth-order valence-electron chi connectivity index (χ4n) is 3.34. The number of benzene rings is 1. The first kappa shape index (κ1) is 21.1. The van der Waals surface area contributed by atoms with Crippen molar-refractivity contribution in [3.63, 3.8) is 0 Å². The minimum atomic E-state index is -0.511. The Balaban J connectivity index is 1.70. The van der Waals surface area contributed by atoms with Gasteiger partial charge in [0.05, 0.1) is 16.8 Å². The third kappa shape index (κ3) is 4.08. The van der Waals surface area contributed by atoms with Crippen LogP contribution in [-0.2, 0) is 19.1 Å². The van der Waals surface area contributed by atoms with Crippen LogP contribution in [0.2, 0.25) is 0 Å². The number of anilines is 1. The summed E-state index contributed by atoms with van der Waals surface area (Å²) < 4.78 is 6.13. The number of hydrogen-bond acceptors (Lipinski definition) is 8. The molecule has 2 aromatic heterocycles. The summed E-state index contributed by atoms with van der Waals surface area (Å²) in [5, 5.41) is 3.87. The van der Waals surface area contributed by atoms with Crippen LogP contribution in [0.1, 0.15) is 35.0 Å². The Hall–Kier alpha value is -3.11. The number of thiazole rings is 1. The van der Waals surface area contributed by atoms with Crippen LogP contribution < -0.4 is 5.32 Å². The van der Waals surface area contributed by atoms with E-state index in [1.165, 1.54) is 11.3 Å². The molecule has 1 fully saturated rings. The summed E-state index contributed by atoms with van der Waals surface area (Å²) in [5.74, 6) is -1.71. The lowest BCUT2D eigenvalue weighted by Gasteiger charge is -2.13. The Morgan fingerprint density at radius 2 is 1.87 bits per heavy atom. The largest absolute Gasteiger partial charge is 0.462 e. The van der Waals surface area contributed by atoms with Crippen molar-refractivity contribution in [3.05, 3.63) is 34.7 Å². The number of thiophene rings is 1. The Kier molecular flexibility index (Phi) is 5.84. The van der Waals surface area contributed by atoms with E-state index in [0.717, 1.165) is 26.5 Å². The highest BCUT2D eigenvalue weighted by Gasteiger charge is 2.31. The molecule has 4 rings (SSSR count). The fourth-order valence-corrected chi connectivity index (χ4v) is 5.60. The third-order valence-corrected chi connectivity index (χ3v) is 7.07. The molecule has 10 heteroatoms. The Bertz CT molecular complexity index is 1160. The number of nitrogens with one attached hydrogen (secondary N) is 1. The van der Waals surface area contributed by atoms with Gasteiger partial charge in [0, 0.05) is 18.4 Å². The van der Waals surface area contributed by atoms with E-state index in [2.05, 4.69) is 10.3 Å². The lowest BCUT2D eigenvalue weighted by molar-refractivity contribution is -0.141. The average molecular weight is 458 g/mol. The lowest BCUT2D eigenvalue weighted by atomic mass is 10.1. The maximum atomic E-state index is 12.6. The number of hydrogen-bond donors (Lipinski definition) is 1. The maximum Gasteiger partial charge on any atom is 0.348 e. The Morgan fingerprint density at radius 3 is 2.55 bits per heavy atom. The quantitative estimate of drug-likeness (QED) is 0.448. The summed E-state index contributed by atoms with van der Waals surface area (Å²) in [4.78, 5) is 54.8. The summed E-state index contributed by atoms with van der Waals surface area (Å²) in [5.41, 5.74) is 2.11. The van der Waals surface area contributed by atoms with Gasteiger partial charge in [0.1, 0.15) is 21.4 Å². The van der Waals surface area contributed by atoms with E-state index in [4.69, 9.17) is 4.74 Å². The second-order valence-electron chi connectivity index (χ2n) is 6.89. The molecular weight excluding hydrogens is 438 g/mol. The second kappa shape index (κ2) is 8.56. The van der Waals surface area contributed by atoms with E-state index in [9.17, 15) is 19.2 Å². The van der Waals surface area contributed by atoms with Gasteiger partial charge in [-0.1, -0.05) is 12.1 Å². The summed E-state index contributed by atoms with van der Waals surface area (Å²) in [6.45, 7) is 3.38. The molecular formula is C21H19N3O5S2. The third-order valence-electron chi connectivity index (χ3n) is 4.82. The van der Waals surface area contributed by atoms with E-state index >= 15 is 0 Å².